The van der Waals surface area contributed by atoms with Crippen molar-refractivity contribution in [3.05, 3.63) is 47.0 Å². The van der Waals surface area contributed by atoms with Crippen LogP contribution in [0.15, 0.2) is 36.4 Å². The summed E-state index contributed by atoms with van der Waals surface area (Å²) in [4.78, 5) is 11.8. The van der Waals surface area contributed by atoms with E-state index in [0.29, 0.717) is 11.0 Å². The average molecular weight is 301 g/mol. The predicted molar refractivity (Wildman–Crippen MR) is 87.3 cm³/mol. The van der Waals surface area contributed by atoms with Crippen LogP contribution < -0.4 is 5.32 Å². The number of carbonyl (C=O) groups excluding carboxylic acids is 1. The van der Waals surface area contributed by atoms with E-state index in [1.165, 1.54) is 17.4 Å². The molecule has 0 atom stereocenters. The Kier molecular flexibility index (Phi) is 5.63. The van der Waals surface area contributed by atoms with E-state index in [1.54, 1.807) is 6.08 Å². The molecule has 0 unspecified atom stereocenters. The van der Waals surface area contributed by atoms with E-state index >= 15 is 0 Å². The van der Waals surface area contributed by atoms with Gasteiger partial charge in [-0.15, -0.1) is 10.2 Å². The molecular formula is C16H19N3OS. The first-order chi connectivity index (χ1) is 10.2. The van der Waals surface area contributed by atoms with Gasteiger partial charge < -0.3 is 0 Å². The molecule has 0 saturated heterocycles. The molecule has 4 nitrogen and oxygen atoms in total. The highest BCUT2D eigenvalue weighted by Crippen LogP contribution is 2.27. The van der Waals surface area contributed by atoms with Gasteiger partial charge in [-0.1, -0.05) is 55.5 Å². The SMILES string of the molecule is CCC(CC)c1nnc(NC(=O)/C=C/c2ccccc2)s1. The van der Waals surface area contributed by atoms with Crippen LogP contribution in [0.1, 0.15) is 43.2 Å². The minimum atomic E-state index is -0.189. The fraction of sp³-hybridized carbons (Fsp3) is 0.312. The lowest BCUT2D eigenvalue weighted by Gasteiger charge is -2.05. The van der Waals surface area contributed by atoms with Gasteiger partial charge in [-0.25, -0.2) is 0 Å². The number of hydrogen-bond acceptors (Lipinski definition) is 4. The average Bonchev–Trinajstić information content (AvgIpc) is 2.96. The molecule has 0 aliphatic rings. The molecular weight excluding hydrogens is 282 g/mol. The fourth-order valence-corrected chi connectivity index (χ4v) is 2.98. The summed E-state index contributed by atoms with van der Waals surface area (Å²) in [7, 11) is 0. The first-order valence-corrected chi connectivity index (χ1v) is 7.92. The Bertz CT molecular complexity index is 603. The normalized spacial score (nSPS) is 11.2. The molecule has 0 saturated carbocycles. The van der Waals surface area contributed by atoms with E-state index in [0.717, 1.165) is 23.4 Å². The Morgan fingerprint density at radius 1 is 1.24 bits per heavy atom. The first kappa shape index (κ1) is 15.4. The molecule has 1 aromatic carbocycles. The summed E-state index contributed by atoms with van der Waals surface area (Å²) < 4.78 is 0. The van der Waals surface area contributed by atoms with E-state index in [2.05, 4.69) is 29.4 Å². The molecule has 0 spiro atoms. The van der Waals surface area contributed by atoms with E-state index in [1.807, 2.05) is 30.3 Å². The number of rotatable bonds is 6. The van der Waals surface area contributed by atoms with Gasteiger partial charge in [0.25, 0.3) is 0 Å². The van der Waals surface area contributed by atoms with E-state index in [4.69, 9.17) is 0 Å². The maximum Gasteiger partial charge on any atom is 0.250 e. The lowest BCUT2D eigenvalue weighted by Crippen LogP contribution is -2.07. The van der Waals surface area contributed by atoms with Crippen molar-refractivity contribution in [2.45, 2.75) is 32.6 Å². The quantitative estimate of drug-likeness (QED) is 0.817. The topological polar surface area (TPSA) is 54.9 Å². The number of nitrogens with one attached hydrogen (secondary N) is 1. The highest BCUT2D eigenvalue weighted by molar-refractivity contribution is 7.15. The van der Waals surface area contributed by atoms with Gasteiger partial charge in [0, 0.05) is 12.0 Å². The molecule has 0 fully saturated rings. The van der Waals surface area contributed by atoms with Crippen molar-refractivity contribution in [2.75, 3.05) is 5.32 Å². The predicted octanol–water partition coefficient (Wildman–Crippen LogP) is 4.09. The molecule has 5 heteroatoms. The Labute approximate surface area is 128 Å². The zero-order valence-corrected chi connectivity index (χ0v) is 13.1. The van der Waals surface area contributed by atoms with Gasteiger partial charge in [0.2, 0.25) is 11.0 Å². The van der Waals surface area contributed by atoms with Crippen LogP contribution in [-0.2, 0) is 4.79 Å². The third-order valence-corrected chi connectivity index (χ3v) is 4.23. The van der Waals surface area contributed by atoms with Crippen molar-refractivity contribution in [1.82, 2.24) is 10.2 Å². The smallest absolute Gasteiger partial charge is 0.250 e. The highest BCUT2D eigenvalue weighted by Gasteiger charge is 2.13. The highest BCUT2D eigenvalue weighted by atomic mass is 32.1. The second kappa shape index (κ2) is 7.69. The van der Waals surface area contributed by atoms with Crippen LogP contribution in [0.4, 0.5) is 5.13 Å². The summed E-state index contributed by atoms with van der Waals surface area (Å²) in [5.41, 5.74) is 0.989. The molecule has 110 valence electrons. The van der Waals surface area contributed by atoms with Crippen LogP contribution in [0.25, 0.3) is 6.08 Å². The third-order valence-electron chi connectivity index (χ3n) is 3.23. The van der Waals surface area contributed by atoms with Gasteiger partial charge in [0.05, 0.1) is 0 Å². The van der Waals surface area contributed by atoms with Crippen LogP contribution in [0.5, 0.6) is 0 Å². The number of amides is 1. The molecule has 0 radical (unpaired) electrons. The summed E-state index contributed by atoms with van der Waals surface area (Å²) in [6.45, 7) is 4.27. The van der Waals surface area contributed by atoms with E-state index < -0.39 is 0 Å². The van der Waals surface area contributed by atoms with Crippen LogP contribution in [0.3, 0.4) is 0 Å². The number of carbonyl (C=O) groups is 1. The Morgan fingerprint density at radius 2 is 1.95 bits per heavy atom. The zero-order chi connectivity index (χ0) is 15.1. The summed E-state index contributed by atoms with van der Waals surface area (Å²) in [6.07, 6.45) is 5.35. The monoisotopic (exact) mass is 301 g/mol. The van der Waals surface area contributed by atoms with Crippen molar-refractivity contribution < 1.29 is 4.79 Å². The van der Waals surface area contributed by atoms with Gasteiger partial charge in [-0.3, -0.25) is 10.1 Å². The molecule has 0 aliphatic carbocycles. The molecule has 2 aromatic rings. The molecule has 0 bridgehead atoms. The number of aromatic nitrogens is 2. The molecule has 1 amide bonds. The lowest BCUT2D eigenvalue weighted by atomic mass is 10.1. The van der Waals surface area contributed by atoms with Crippen LogP contribution in [0.2, 0.25) is 0 Å². The molecule has 1 aromatic heterocycles. The Morgan fingerprint density at radius 3 is 2.62 bits per heavy atom. The fourth-order valence-electron chi connectivity index (χ4n) is 1.97. The molecule has 1 N–H and O–H groups in total. The second-order valence-corrected chi connectivity index (χ2v) is 5.70. The molecule has 0 aliphatic heterocycles. The van der Waals surface area contributed by atoms with Gasteiger partial charge in [-0.05, 0) is 24.5 Å². The number of anilines is 1. The minimum absolute atomic E-state index is 0.189. The van der Waals surface area contributed by atoms with Crippen LogP contribution in [-0.4, -0.2) is 16.1 Å². The van der Waals surface area contributed by atoms with E-state index in [9.17, 15) is 4.79 Å². The maximum absolute atomic E-state index is 11.8. The number of hydrogen-bond donors (Lipinski definition) is 1. The van der Waals surface area contributed by atoms with Crippen molar-refractivity contribution in [2.24, 2.45) is 0 Å². The molecule has 21 heavy (non-hydrogen) atoms. The second-order valence-electron chi connectivity index (χ2n) is 4.69. The van der Waals surface area contributed by atoms with Gasteiger partial charge in [0.15, 0.2) is 0 Å². The van der Waals surface area contributed by atoms with E-state index in [-0.39, 0.29) is 5.91 Å². The Balaban J connectivity index is 1.95. The number of nitrogens with zero attached hydrogens (tertiary/aromatic N) is 2. The minimum Gasteiger partial charge on any atom is -0.297 e. The largest absolute Gasteiger partial charge is 0.297 e. The summed E-state index contributed by atoms with van der Waals surface area (Å²) >= 11 is 1.45. The lowest BCUT2D eigenvalue weighted by molar-refractivity contribution is -0.111. The van der Waals surface area contributed by atoms with Gasteiger partial charge in [-0.2, -0.15) is 0 Å². The van der Waals surface area contributed by atoms with Crippen molar-refractivity contribution in [1.29, 1.82) is 0 Å². The van der Waals surface area contributed by atoms with Gasteiger partial charge >= 0.3 is 0 Å². The first-order valence-electron chi connectivity index (χ1n) is 7.10. The Hall–Kier alpha value is -2.01. The summed E-state index contributed by atoms with van der Waals surface area (Å²) in [5, 5.41) is 12.5. The zero-order valence-electron chi connectivity index (χ0n) is 12.2. The van der Waals surface area contributed by atoms with Crippen LogP contribution in [0, 0.1) is 0 Å². The van der Waals surface area contributed by atoms with Crippen molar-refractivity contribution in [3.8, 4) is 0 Å². The molecule has 1 heterocycles. The molecule has 2 rings (SSSR count). The van der Waals surface area contributed by atoms with Crippen molar-refractivity contribution >= 4 is 28.5 Å². The standard InChI is InChI=1S/C16H19N3OS/c1-3-13(4-2)15-18-19-16(21-15)17-14(20)11-10-12-8-6-5-7-9-12/h5-11,13H,3-4H2,1-2H3,(H,17,19,20)/b11-10+. The van der Waals surface area contributed by atoms with Crippen molar-refractivity contribution in [3.63, 3.8) is 0 Å². The summed E-state index contributed by atoms with van der Waals surface area (Å²) in [6, 6.07) is 9.70. The number of benzene rings is 1. The van der Waals surface area contributed by atoms with Gasteiger partial charge in [0.1, 0.15) is 5.01 Å². The third kappa shape index (κ3) is 4.49. The van der Waals surface area contributed by atoms with Crippen LogP contribution >= 0.6 is 11.3 Å². The summed E-state index contributed by atoms with van der Waals surface area (Å²) in [5.74, 6) is 0.235. The maximum atomic E-state index is 11.8.